The van der Waals surface area contributed by atoms with Crippen molar-refractivity contribution in [3.63, 3.8) is 0 Å². The number of carbonyl (C=O) groups excluding carboxylic acids is 1. The molecule has 0 aliphatic carbocycles. The molecule has 24 heavy (non-hydrogen) atoms. The summed E-state index contributed by atoms with van der Waals surface area (Å²) in [6.45, 7) is 2.30. The first-order chi connectivity index (χ1) is 11.5. The first kappa shape index (κ1) is 16.5. The fourth-order valence-electron chi connectivity index (χ4n) is 2.44. The van der Waals surface area contributed by atoms with Gasteiger partial charge < -0.3 is 14.7 Å². The third-order valence-corrected chi connectivity index (χ3v) is 4.89. The molecule has 1 fully saturated rings. The second-order valence-corrected chi connectivity index (χ2v) is 6.68. The number of hydrogen-bond donors (Lipinski definition) is 1. The van der Waals surface area contributed by atoms with Gasteiger partial charge in [-0.25, -0.2) is 0 Å². The van der Waals surface area contributed by atoms with Crippen molar-refractivity contribution in [1.82, 2.24) is 4.90 Å². The van der Waals surface area contributed by atoms with E-state index >= 15 is 0 Å². The minimum atomic E-state index is -1.10. The van der Waals surface area contributed by atoms with Gasteiger partial charge in [0.1, 0.15) is 10.9 Å². The van der Waals surface area contributed by atoms with Crippen LogP contribution >= 0.6 is 24.0 Å². The lowest BCUT2D eigenvalue weighted by Crippen LogP contribution is -2.33. The van der Waals surface area contributed by atoms with Gasteiger partial charge in [0.25, 0.3) is 5.91 Å². The van der Waals surface area contributed by atoms with Crippen molar-refractivity contribution in [3.05, 3.63) is 47.2 Å². The van der Waals surface area contributed by atoms with Crippen LogP contribution in [0.3, 0.4) is 0 Å². The average Bonchev–Trinajstić information content (AvgIpc) is 3.04. The van der Waals surface area contributed by atoms with E-state index in [1.165, 1.54) is 0 Å². The first-order valence-electron chi connectivity index (χ1n) is 7.23. The number of amides is 1. The van der Waals surface area contributed by atoms with Gasteiger partial charge in [-0.3, -0.25) is 14.5 Å². The van der Waals surface area contributed by atoms with E-state index in [1.807, 2.05) is 36.1 Å². The van der Waals surface area contributed by atoms with Crippen molar-refractivity contribution in [2.24, 2.45) is 0 Å². The molecule has 2 aliphatic heterocycles. The second-order valence-electron chi connectivity index (χ2n) is 5.00. The van der Waals surface area contributed by atoms with Crippen molar-refractivity contribution >= 4 is 45.9 Å². The molecule has 0 bridgehead atoms. The number of thioether (sulfide) groups is 1. The Labute approximate surface area is 148 Å². The summed E-state index contributed by atoms with van der Waals surface area (Å²) in [5.41, 5.74) is 0.970. The van der Waals surface area contributed by atoms with Gasteiger partial charge in [0.2, 0.25) is 5.88 Å². The average molecular weight is 362 g/mol. The van der Waals surface area contributed by atoms with E-state index in [4.69, 9.17) is 22.1 Å². The summed E-state index contributed by atoms with van der Waals surface area (Å²) in [4.78, 5) is 26.5. The number of nitrogens with zero attached hydrogens (tertiary/aromatic N) is 2. The Kier molecular flexibility index (Phi) is 4.59. The van der Waals surface area contributed by atoms with E-state index in [9.17, 15) is 9.59 Å². The lowest BCUT2D eigenvalue weighted by Gasteiger charge is -2.14. The van der Waals surface area contributed by atoms with Gasteiger partial charge in [-0.15, -0.1) is 0 Å². The molecular weight excluding hydrogens is 348 g/mol. The van der Waals surface area contributed by atoms with Gasteiger partial charge in [-0.1, -0.05) is 36.1 Å². The summed E-state index contributed by atoms with van der Waals surface area (Å²) in [5.74, 6) is -0.125. The topological polar surface area (TPSA) is 70.1 Å². The van der Waals surface area contributed by atoms with Crippen molar-refractivity contribution in [2.45, 2.75) is 6.92 Å². The Hall–Kier alpha value is -2.32. The second kappa shape index (κ2) is 6.66. The number of thiocarbonyl (C=S) groups is 1. The Morgan fingerprint density at radius 3 is 2.79 bits per heavy atom. The molecule has 2 heterocycles. The zero-order valence-electron chi connectivity index (χ0n) is 12.8. The minimum Gasteiger partial charge on any atom is -0.480 e. The standard InChI is InChI=1S/C16H14N2O4S2/c1-2-17-10-5-3-4-6-11(10)22-13(17)8-7-12-15(21)18(9-14(19)20)16(23)24-12/h3-8H,2,9H2,1H3,(H,19,20). The molecule has 0 radical (unpaired) electrons. The van der Waals surface area contributed by atoms with Crippen LogP contribution in [0.15, 0.2) is 47.2 Å². The molecule has 0 unspecified atom stereocenters. The normalized spacial score (nSPS) is 20.0. The highest BCUT2D eigenvalue weighted by Gasteiger charge is 2.33. The SMILES string of the molecule is CCN1C(=CC=C2SC(=S)N(CC(=O)O)C2=O)Oc2ccccc21. The summed E-state index contributed by atoms with van der Waals surface area (Å²) in [6.07, 6.45) is 3.32. The third-order valence-electron chi connectivity index (χ3n) is 3.50. The summed E-state index contributed by atoms with van der Waals surface area (Å²) in [7, 11) is 0. The van der Waals surface area contributed by atoms with Crippen molar-refractivity contribution in [1.29, 1.82) is 0 Å². The van der Waals surface area contributed by atoms with Crippen molar-refractivity contribution in [3.8, 4) is 5.75 Å². The minimum absolute atomic E-state index is 0.245. The highest BCUT2D eigenvalue weighted by molar-refractivity contribution is 8.26. The molecule has 1 N–H and O–H groups in total. The number of anilines is 1. The number of fused-ring (bicyclic) bond motifs is 1. The molecule has 0 aromatic heterocycles. The van der Waals surface area contributed by atoms with Gasteiger partial charge in [0.05, 0.1) is 10.6 Å². The van der Waals surface area contributed by atoms with Crippen LogP contribution in [-0.4, -0.2) is 39.3 Å². The number of allylic oxidation sites excluding steroid dienone is 2. The van der Waals surface area contributed by atoms with E-state index in [2.05, 4.69) is 0 Å². The highest BCUT2D eigenvalue weighted by atomic mass is 32.2. The number of benzene rings is 1. The predicted molar refractivity (Wildman–Crippen MR) is 95.8 cm³/mol. The van der Waals surface area contributed by atoms with Crippen LogP contribution in [0.1, 0.15) is 6.92 Å². The van der Waals surface area contributed by atoms with Crippen molar-refractivity contribution < 1.29 is 19.4 Å². The number of carboxylic acids is 1. The fraction of sp³-hybridized carbons (Fsp3) is 0.188. The Morgan fingerprint density at radius 1 is 1.33 bits per heavy atom. The maximum absolute atomic E-state index is 12.2. The smallest absolute Gasteiger partial charge is 0.323 e. The van der Waals surface area contributed by atoms with Gasteiger partial charge in [0, 0.05) is 12.6 Å². The Bertz CT molecular complexity index is 788. The predicted octanol–water partition coefficient (Wildman–Crippen LogP) is 2.58. The molecule has 0 saturated carbocycles. The zero-order valence-corrected chi connectivity index (χ0v) is 14.4. The number of aliphatic carboxylic acids is 1. The largest absolute Gasteiger partial charge is 0.480 e. The lowest BCUT2D eigenvalue weighted by molar-refractivity contribution is -0.140. The first-order valence-corrected chi connectivity index (χ1v) is 8.45. The van der Waals surface area contributed by atoms with E-state index in [0.717, 1.165) is 34.6 Å². The van der Waals surface area contributed by atoms with Crippen LogP contribution in [-0.2, 0) is 9.59 Å². The van der Waals surface area contributed by atoms with Gasteiger partial charge in [-0.2, -0.15) is 0 Å². The van der Waals surface area contributed by atoms with Crippen LogP contribution in [0.2, 0.25) is 0 Å². The van der Waals surface area contributed by atoms with Crippen LogP contribution in [0, 0.1) is 0 Å². The summed E-state index contributed by atoms with van der Waals surface area (Å²) >= 11 is 6.15. The van der Waals surface area contributed by atoms with E-state index in [0.29, 0.717) is 10.8 Å². The fourth-order valence-corrected chi connectivity index (χ4v) is 3.63. The number of carboxylic acid groups (broad SMARTS) is 1. The van der Waals surface area contributed by atoms with Crippen LogP contribution in [0.4, 0.5) is 5.69 Å². The maximum atomic E-state index is 12.2. The molecule has 124 valence electrons. The molecule has 6 nitrogen and oxygen atoms in total. The number of rotatable bonds is 4. The monoisotopic (exact) mass is 362 g/mol. The van der Waals surface area contributed by atoms with E-state index < -0.39 is 18.4 Å². The molecule has 8 heteroatoms. The molecule has 1 saturated heterocycles. The quantitative estimate of drug-likeness (QED) is 0.652. The Balaban J connectivity index is 1.83. The van der Waals surface area contributed by atoms with E-state index in [-0.39, 0.29) is 4.32 Å². The van der Waals surface area contributed by atoms with Crippen LogP contribution in [0.5, 0.6) is 5.75 Å². The number of para-hydroxylation sites is 2. The number of carbonyl (C=O) groups is 2. The zero-order chi connectivity index (χ0) is 17.3. The molecule has 1 aromatic carbocycles. The summed E-state index contributed by atoms with van der Waals surface area (Å²) in [5, 5.41) is 8.84. The Morgan fingerprint density at radius 2 is 2.08 bits per heavy atom. The van der Waals surface area contributed by atoms with Crippen LogP contribution < -0.4 is 9.64 Å². The summed E-state index contributed by atoms with van der Waals surface area (Å²) < 4.78 is 6.05. The molecule has 2 aliphatic rings. The van der Waals surface area contributed by atoms with Gasteiger partial charge in [-0.05, 0) is 25.1 Å². The third kappa shape index (κ3) is 3.02. The molecule has 1 amide bonds. The number of hydrogen-bond acceptors (Lipinski definition) is 6. The van der Waals surface area contributed by atoms with Crippen molar-refractivity contribution in [2.75, 3.05) is 18.0 Å². The highest BCUT2D eigenvalue weighted by Crippen LogP contribution is 2.38. The van der Waals surface area contributed by atoms with Gasteiger partial charge >= 0.3 is 5.97 Å². The van der Waals surface area contributed by atoms with Crippen LogP contribution in [0.25, 0.3) is 0 Å². The number of ether oxygens (including phenoxy) is 1. The molecule has 3 rings (SSSR count). The molecular formula is C16H14N2O4S2. The summed E-state index contributed by atoms with van der Waals surface area (Å²) in [6, 6.07) is 7.68. The maximum Gasteiger partial charge on any atom is 0.323 e. The van der Waals surface area contributed by atoms with E-state index in [1.54, 1.807) is 12.2 Å². The molecule has 0 spiro atoms. The van der Waals surface area contributed by atoms with Gasteiger partial charge in [0.15, 0.2) is 5.75 Å². The molecule has 1 aromatic rings. The lowest BCUT2D eigenvalue weighted by atomic mass is 10.3. The molecule has 0 atom stereocenters.